The topological polar surface area (TPSA) is 67.8 Å². The summed E-state index contributed by atoms with van der Waals surface area (Å²) in [6, 6.07) is 2.12. The van der Waals surface area contributed by atoms with Crippen molar-refractivity contribution in [1.29, 1.82) is 0 Å². The highest BCUT2D eigenvalue weighted by molar-refractivity contribution is 6.36. The second kappa shape index (κ2) is 6.91. The van der Waals surface area contributed by atoms with E-state index >= 15 is 0 Å². The molecule has 1 aliphatic heterocycles. The Morgan fingerprint density at radius 2 is 1.93 bits per heavy atom. The Bertz CT molecular complexity index is 775. The highest BCUT2D eigenvalue weighted by Crippen LogP contribution is 2.44. The van der Waals surface area contributed by atoms with E-state index in [0.717, 1.165) is 12.1 Å². The van der Waals surface area contributed by atoms with Gasteiger partial charge in [0.05, 0.1) is 22.2 Å². The Balaban J connectivity index is 1.99. The molecule has 148 valence electrons. The number of alkyl halides is 3. The first-order chi connectivity index (χ1) is 12.6. The number of aliphatic hydroxyl groups excluding tert-OH is 1. The zero-order chi connectivity index (χ0) is 20.0. The van der Waals surface area contributed by atoms with Crippen LogP contribution < -0.4 is 10.1 Å². The number of halogens is 4. The summed E-state index contributed by atoms with van der Waals surface area (Å²) in [7, 11) is 1.62. The minimum atomic E-state index is -4.85. The zero-order valence-corrected chi connectivity index (χ0v) is 15.5. The Hall–Kier alpha value is -1.93. The van der Waals surface area contributed by atoms with Gasteiger partial charge >= 0.3 is 6.36 Å². The van der Waals surface area contributed by atoms with E-state index in [1.54, 1.807) is 7.11 Å². The van der Waals surface area contributed by atoms with Crippen molar-refractivity contribution in [2.45, 2.75) is 50.6 Å². The van der Waals surface area contributed by atoms with Gasteiger partial charge in [0.1, 0.15) is 11.5 Å². The molecule has 27 heavy (non-hydrogen) atoms. The summed E-state index contributed by atoms with van der Waals surface area (Å²) < 4.78 is 46.5. The number of ether oxygens (including phenoxy) is 2. The smallest absolute Gasteiger partial charge is 0.509 e. The minimum absolute atomic E-state index is 0.00748. The van der Waals surface area contributed by atoms with E-state index in [0.29, 0.717) is 31.2 Å². The second-order valence-electron chi connectivity index (χ2n) is 6.84. The Labute approximate surface area is 159 Å². The molecule has 1 amide bonds. The standard InChI is InChI=1S/C18H19ClF3NO4/c1-9-7-11(27-18(20,21)22)8-12(19)13(9)14-15(24)17(23-16(14)25)5-3-10(26-2)4-6-17/h7-8,10,24H,3-6H2,1-2H3,(H,23,25). The summed E-state index contributed by atoms with van der Waals surface area (Å²) >= 11 is 6.15. The van der Waals surface area contributed by atoms with Crippen molar-refractivity contribution in [1.82, 2.24) is 5.32 Å². The van der Waals surface area contributed by atoms with Crippen LogP contribution >= 0.6 is 11.6 Å². The molecule has 2 aliphatic rings. The first kappa shape index (κ1) is 19.8. The number of aryl methyl sites for hydroxylation is 1. The van der Waals surface area contributed by atoms with Crippen LogP contribution in [0.4, 0.5) is 13.2 Å². The number of hydrogen-bond donors (Lipinski definition) is 2. The molecule has 1 aromatic rings. The molecule has 1 saturated carbocycles. The van der Waals surface area contributed by atoms with Gasteiger partial charge < -0.3 is 19.9 Å². The van der Waals surface area contributed by atoms with Gasteiger partial charge in [-0.2, -0.15) is 0 Å². The summed E-state index contributed by atoms with van der Waals surface area (Å²) in [5, 5.41) is 13.6. The van der Waals surface area contributed by atoms with Gasteiger partial charge in [-0.3, -0.25) is 4.79 Å². The van der Waals surface area contributed by atoms with Crippen LogP contribution in [0.1, 0.15) is 36.8 Å². The fourth-order valence-electron chi connectivity index (χ4n) is 3.82. The lowest BCUT2D eigenvalue weighted by molar-refractivity contribution is -0.274. The molecular weight excluding hydrogens is 387 g/mol. The van der Waals surface area contributed by atoms with Gasteiger partial charge in [-0.05, 0) is 50.3 Å². The number of rotatable bonds is 3. The average molecular weight is 406 g/mol. The number of carbonyl (C=O) groups is 1. The van der Waals surface area contributed by atoms with Crippen molar-refractivity contribution >= 4 is 23.1 Å². The van der Waals surface area contributed by atoms with E-state index in [9.17, 15) is 23.1 Å². The van der Waals surface area contributed by atoms with Crippen molar-refractivity contribution < 1.29 is 32.5 Å². The molecule has 1 fully saturated rings. The van der Waals surface area contributed by atoms with Gasteiger partial charge in [0.15, 0.2) is 0 Å². The van der Waals surface area contributed by atoms with Crippen LogP contribution in [0.5, 0.6) is 5.75 Å². The Morgan fingerprint density at radius 3 is 2.44 bits per heavy atom. The van der Waals surface area contributed by atoms with Crippen molar-refractivity contribution in [3.05, 3.63) is 34.0 Å². The summed E-state index contributed by atoms with van der Waals surface area (Å²) in [5.74, 6) is -1.11. The third-order valence-corrected chi connectivity index (χ3v) is 5.43. The number of amides is 1. The maximum atomic E-state index is 12.6. The number of benzene rings is 1. The Kier molecular flexibility index (Phi) is 5.07. The number of aliphatic hydroxyl groups is 1. The first-order valence-electron chi connectivity index (χ1n) is 8.41. The van der Waals surface area contributed by atoms with Crippen molar-refractivity contribution in [2.24, 2.45) is 0 Å². The van der Waals surface area contributed by atoms with Crippen molar-refractivity contribution in [2.75, 3.05) is 7.11 Å². The van der Waals surface area contributed by atoms with Crippen LogP contribution in [0.15, 0.2) is 17.9 Å². The van der Waals surface area contributed by atoms with Gasteiger partial charge in [0.2, 0.25) is 0 Å². The quantitative estimate of drug-likeness (QED) is 0.788. The highest BCUT2D eigenvalue weighted by atomic mass is 35.5. The first-order valence-corrected chi connectivity index (χ1v) is 8.79. The molecule has 2 N–H and O–H groups in total. The van der Waals surface area contributed by atoms with Gasteiger partial charge in [0, 0.05) is 12.7 Å². The third kappa shape index (κ3) is 3.73. The second-order valence-corrected chi connectivity index (χ2v) is 7.25. The third-order valence-electron chi connectivity index (χ3n) is 5.13. The van der Waals surface area contributed by atoms with E-state index < -0.39 is 23.6 Å². The predicted octanol–water partition coefficient (Wildman–Crippen LogP) is 4.27. The van der Waals surface area contributed by atoms with Crippen LogP contribution in [-0.4, -0.2) is 36.1 Å². The van der Waals surface area contributed by atoms with E-state index in [4.69, 9.17) is 16.3 Å². The number of methoxy groups -OCH3 is 1. The number of nitrogens with one attached hydrogen (secondary N) is 1. The van der Waals surface area contributed by atoms with E-state index in [1.807, 2.05) is 0 Å². The SMILES string of the molecule is COC1CCC2(CC1)NC(=O)C(c1c(C)cc(OC(F)(F)F)cc1Cl)=C2O. The molecular formula is C18H19ClF3NO4. The Morgan fingerprint density at radius 1 is 1.30 bits per heavy atom. The molecule has 0 saturated heterocycles. The summed E-state index contributed by atoms with van der Waals surface area (Å²) in [6.07, 6.45) is -2.46. The maximum absolute atomic E-state index is 12.6. The molecule has 0 atom stereocenters. The fraction of sp³-hybridized carbons (Fsp3) is 0.500. The average Bonchev–Trinajstić information content (AvgIpc) is 2.78. The maximum Gasteiger partial charge on any atom is 0.573 e. The van der Waals surface area contributed by atoms with Crippen molar-refractivity contribution in [3.63, 3.8) is 0 Å². The van der Waals surface area contributed by atoms with Gasteiger partial charge in [-0.25, -0.2) is 0 Å². The fourth-order valence-corrected chi connectivity index (χ4v) is 4.17. The normalized spacial score (nSPS) is 25.9. The van der Waals surface area contributed by atoms with E-state index in [-0.39, 0.29) is 28.0 Å². The van der Waals surface area contributed by atoms with Crippen LogP contribution in [0.2, 0.25) is 5.02 Å². The summed E-state index contributed by atoms with van der Waals surface area (Å²) in [4.78, 5) is 12.6. The molecule has 9 heteroatoms. The molecule has 1 aromatic carbocycles. The molecule has 0 radical (unpaired) electrons. The molecule has 5 nitrogen and oxygen atoms in total. The van der Waals surface area contributed by atoms with Crippen LogP contribution in [0, 0.1) is 6.92 Å². The monoisotopic (exact) mass is 405 g/mol. The van der Waals surface area contributed by atoms with Gasteiger partial charge in [0.25, 0.3) is 5.91 Å². The van der Waals surface area contributed by atoms with E-state index in [1.165, 1.54) is 6.92 Å². The molecule has 0 bridgehead atoms. The summed E-state index contributed by atoms with van der Waals surface area (Å²) in [6.45, 7) is 1.50. The zero-order valence-electron chi connectivity index (χ0n) is 14.7. The molecule has 3 rings (SSSR count). The van der Waals surface area contributed by atoms with Gasteiger partial charge in [-0.1, -0.05) is 11.6 Å². The minimum Gasteiger partial charge on any atom is -0.509 e. The lowest BCUT2D eigenvalue weighted by Gasteiger charge is -2.36. The molecule has 1 heterocycles. The number of carbonyl (C=O) groups excluding carboxylic acids is 1. The van der Waals surface area contributed by atoms with Gasteiger partial charge in [-0.15, -0.1) is 13.2 Å². The van der Waals surface area contributed by atoms with Crippen LogP contribution in [0.3, 0.4) is 0 Å². The molecule has 1 aliphatic carbocycles. The van der Waals surface area contributed by atoms with E-state index in [2.05, 4.69) is 10.1 Å². The number of hydrogen-bond acceptors (Lipinski definition) is 4. The molecule has 0 unspecified atom stereocenters. The van der Waals surface area contributed by atoms with Crippen molar-refractivity contribution in [3.8, 4) is 5.75 Å². The van der Waals surface area contributed by atoms with Crippen LogP contribution in [0.25, 0.3) is 5.57 Å². The summed E-state index contributed by atoms with van der Waals surface area (Å²) in [5.41, 5.74) is -0.404. The molecule has 0 aromatic heterocycles. The van der Waals surface area contributed by atoms with Crippen LogP contribution in [-0.2, 0) is 9.53 Å². The predicted molar refractivity (Wildman–Crippen MR) is 92.6 cm³/mol. The lowest BCUT2D eigenvalue weighted by atomic mass is 9.79. The lowest BCUT2D eigenvalue weighted by Crippen LogP contribution is -2.48. The largest absolute Gasteiger partial charge is 0.573 e. The molecule has 1 spiro atoms. The highest BCUT2D eigenvalue weighted by Gasteiger charge is 2.48.